The zero-order valence-electron chi connectivity index (χ0n) is 14.5. The van der Waals surface area contributed by atoms with Gasteiger partial charge in [0.15, 0.2) is 6.61 Å². The maximum Gasteiger partial charge on any atom is 0.374 e. The van der Waals surface area contributed by atoms with Gasteiger partial charge in [-0.3, -0.25) is 9.69 Å². The van der Waals surface area contributed by atoms with Crippen LogP contribution in [0.15, 0.2) is 22.8 Å². The number of nitrogens with one attached hydrogen (secondary N) is 1. The van der Waals surface area contributed by atoms with Gasteiger partial charge in [0, 0.05) is 25.2 Å². The van der Waals surface area contributed by atoms with Crippen molar-refractivity contribution < 1.29 is 23.5 Å². The normalized spacial score (nSPS) is 20.8. The first kappa shape index (κ1) is 17.9. The van der Waals surface area contributed by atoms with Crippen LogP contribution in [0.3, 0.4) is 0 Å². The summed E-state index contributed by atoms with van der Waals surface area (Å²) < 4.78 is 15.4. The molecule has 1 aliphatic heterocycles. The van der Waals surface area contributed by atoms with Crippen LogP contribution in [0.4, 0.5) is 0 Å². The molecule has 1 aromatic rings. The number of furan rings is 1. The van der Waals surface area contributed by atoms with Crippen LogP contribution >= 0.6 is 0 Å². The lowest BCUT2D eigenvalue weighted by Crippen LogP contribution is -2.59. The van der Waals surface area contributed by atoms with E-state index in [4.69, 9.17) is 13.9 Å². The Morgan fingerprint density at radius 1 is 1.20 bits per heavy atom. The number of nitrogens with zero attached hydrogens (tertiary/aromatic N) is 1. The Bertz CT molecular complexity index is 560. The van der Waals surface area contributed by atoms with Gasteiger partial charge < -0.3 is 19.2 Å². The average Bonchev–Trinajstić information content (AvgIpc) is 3.21. The van der Waals surface area contributed by atoms with E-state index in [1.165, 1.54) is 31.6 Å². The van der Waals surface area contributed by atoms with Crippen molar-refractivity contribution in [3.63, 3.8) is 0 Å². The van der Waals surface area contributed by atoms with Crippen molar-refractivity contribution in [1.29, 1.82) is 0 Å². The van der Waals surface area contributed by atoms with Crippen molar-refractivity contribution in [3.05, 3.63) is 24.2 Å². The third-order valence-electron chi connectivity index (χ3n) is 5.14. The molecule has 2 aliphatic rings. The molecule has 7 nitrogen and oxygen atoms in total. The lowest BCUT2D eigenvalue weighted by molar-refractivity contribution is -0.125. The molecule has 2 heterocycles. The van der Waals surface area contributed by atoms with E-state index in [9.17, 15) is 9.59 Å². The largest absolute Gasteiger partial charge is 0.457 e. The van der Waals surface area contributed by atoms with Crippen molar-refractivity contribution >= 4 is 11.9 Å². The number of hydrogen-bond donors (Lipinski definition) is 1. The molecule has 1 aliphatic carbocycles. The summed E-state index contributed by atoms with van der Waals surface area (Å²) in [5.41, 5.74) is 0.00269. The Morgan fingerprint density at radius 3 is 2.64 bits per heavy atom. The summed E-state index contributed by atoms with van der Waals surface area (Å²) in [6, 6.07) is 3.11. The van der Waals surface area contributed by atoms with Crippen LogP contribution in [0.2, 0.25) is 0 Å². The van der Waals surface area contributed by atoms with Crippen molar-refractivity contribution in [1.82, 2.24) is 10.2 Å². The predicted octanol–water partition coefficient (Wildman–Crippen LogP) is 1.59. The molecule has 0 atom stereocenters. The number of carbonyl (C=O) groups is 2. The molecule has 138 valence electrons. The SMILES string of the molecule is O=C(COC(=O)c1ccco1)NCC1(N2CCOCC2)CCCCC1. The number of morpholine rings is 1. The Balaban J connectivity index is 1.50. The topological polar surface area (TPSA) is 81.0 Å². The van der Waals surface area contributed by atoms with Gasteiger partial charge in [-0.1, -0.05) is 19.3 Å². The summed E-state index contributed by atoms with van der Waals surface area (Å²) in [6.07, 6.45) is 7.17. The molecule has 1 N–H and O–H groups in total. The minimum atomic E-state index is -0.624. The third kappa shape index (κ3) is 4.61. The molecule has 0 bridgehead atoms. The second-order valence-corrected chi connectivity index (χ2v) is 6.71. The maximum atomic E-state index is 12.1. The molecule has 1 amide bonds. The van der Waals surface area contributed by atoms with E-state index in [-0.39, 0.29) is 23.8 Å². The summed E-state index contributed by atoms with van der Waals surface area (Å²) in [6.45, 7) is 3.60. The molecule has 1 saturated heterocycles. The molecule has 7 heteroatoms. The van der Waals surface area contributed by atoms with E-state index >= 15 is 0 Å². The number of carbonyl (C=O) groups excluding carboxylic acids is 2. The minimum absolute atomic E-state index is 0.00269. The van der Waals surface area contributed by atoms with Crippen LogP contribution in [0, 0.1) is 0 Å². The monoisotopic (exact) mass is 350 g/mol. The summed E-state index contributed by atoms with van der Waals surface area (Å²) >= 11 is 0. The van der Waals surface area contributed by atoms with E-state index in [0.29, 0.717) is 6.54 Å². The number of hydrogen-bond acceptors (Lipinski definition) is 6. The molecule has 0 aromatic carbocycles. The zero-order chi connectivity index (χ0) is 17.5. The highest BCUT2D eigenvalue weighted by Crippen LogP contribution is 2.33. The molecular weight excluding hydrogens is 324 g/mol. The third-order valence-corrected chi connectivity index (χ3v) is 5.14. The quantitative estimate of drug-likeness (QED) is 0.785. The van der Waals surface area contributed by atoms with E-state index in [0.717, 1.165) is 39.1 Å². The Kier molecular flexibility index (Phi) is 6.09. The van der Waals surface area contributed by atoms with E-state index < -0.39 is 5.97 Å². The summed E-state index contributed by atoms with van der Waals surface area (Å²) in [5.74, 6) is -0.802. The molecule has 0 spiro atoms. The molecule has 1 aromatic heterocycles. The van der Waals surface area contributed by atoms with Gasteiger partial charge >= 0.3 is 5.97 Å². The summed E-state index contributed by atoms with van der Waals surface area (Å²) in [5, 5.41) is 2.96. The molecule has 0 unspecified atom stereocenters. The van der Waals surface area contributed by atoms with Crippen molar-refractivity contribution in [2.75, 3.05) is 39.5 Å². The van der Waals surface area contributed by atoms with Crippen LogP contribution in [0.5, 0.6) is 0 Å². The van der Waals surface area contributed by atoms with Crippen LogP contribution in [-0.2, 0) is 14.3 Å². The standard InChI is InChI=1S/C18H26N2O5/c21-16(13-25-17(22)15-5-4-10-24-15)19-14-18(6-2-1-3-7-18)20-8-11-23-12-9-20/h4-5,10H,1-3,6-9,11-14H2,(H,19,21). The number of rotatable bonds is 6. The fourth-order valence-corrected chi connectivity index (χ4v) is 3.76. The fourth-order valence-electron chi connectivity index (χ4n) is 3.76. The van der Waals surface area contributed by atoms with Gasteiger partial charge in [0.2, 0.25) is 5.76 Å². The molecule has 25 heavy (non-hydrogen) atoms. The van der Waals surface area contributed by atoms with E-state index in [1.807, 2.05) is 0 Å². The summed E-state index contributed by atoms with van der Waals surface area (Å²) in [4.78, 5) is 26.3. The molecular formula is C18H26N2O5. The highest BCUT2D eigenvalue weighted by molar-refractivity contribution is 5.88. The van der Waals surface area contributed by atoms with Crippen LogP contribution in [0.25, 0.3) is 0 Å². The van der Waals surface area contributed by atoms with Gasteiger partial charge in [-0.15, -0.1) is 0 Å². The summed E-state index contributed by atoms with van der Waals surface area (Å²) in [7, 11) is 0. The van der Waals surface area contributed by atoms with Crippen molar-refractivity contribution in [2.45, 2.75) is 37.6 Å². The van der Waals surface area contributed by atoms with Gasteiger partial charge in [-0.25, -0.2) is 4.79 Å². The molecule has 0 radical (unpaired) electrons. The molecule has 3 rings (SSSR count). The lowest BCUT2D eigenvalue weighted by atomic mass is 9.79. The highest BCUT2D eigenvalue weighted by atomic mass is 16.5. The Morgan fingerprint density at radius 2 is 1.96 bits per heavy atom. The number of esters is 1. The van der Waals surface area contributed by atoms with Gasteiger partial charge in [-0.05, 0) is 25.0 Å². The van der Waals surface area contributed by atoms with E-state index in [2.05, 4.69) is 10.2 Å². The van der Waals surface area contributed by atoms with Crippen molar-refractivity contribution in [3.8, 4) is 0 Å². The van der Waals surface area contributed by atoms with Gasteiger partial charge in [0.25, 0.3) is 5.91 Å². The maximum absolute atomic E-state index is 12.1. The Hall–Kier alpha value is -1.86. The van der Waals surface area contributed by atoms with E-state index in [1.54, 1.807) is 6.07 Å². The fraction of sp³-hybridized carbons (Fsp3) is 0.667. The molecule has 2 fully saturated rings. The first-order valence-electron chi connectivity index (χ1n) is 9.00. The van der Waals surface area contributed by atoms with Crippen LogP contribution < -0.4 is 5.32 Å². The average molecular weight is 350 g/mol. The molecule has 1 saturated carbocycles. The predicted molar refractivity (Wildman–Crippen MR) is 90.2 cm³/mol. The van der Waals surface area contributed by atoms with Crippen LogP contribution in [0.1, 0.15) is 42.7 Å². The first-order chi connectivity index (χ1) is 12.2. The van der Waals surface area contributed by atoms with Crippen LogP contribution in [-0.4, -0.2) is 61.8 Å². The van der Waals surface area contributed by atoms with Gasteiger partial charge in [-0.2, -0.15) is 0 Å². The highest BCUT2D eigenvalue weighted by Gasteiger charge is 2.38. The first-order valence-corrected chi connectivity index (χ1v) is 9.00. The number of amides is 1. The van der Waals surface area contributed by atoms with Gasteiger partial charge in [0.1, 0.15) is 0 Å². The van der Waals surface area contributed by atoms with Gasteiger partial charge in [0.05, 0.1) is 19.5 Å². The Labute approximate surface area is 147 Å². The second-order valence-electron chi connectivity index (χ2n) is 6.71. The smallest absolute Gasteiger partial charge is 0.374 e. The second kappa shape index (κ2) is 8.49. The minimum Gasteiger partial charge on any atom is -0.457 e. The lowest BCUT2D eigenvalue weighted by Gasteiger charge is -2.48. The zero-order valence-corrected chi connectivity index (χ0v) is 14.5. The van der Waals surface area contributed by atoms with Crippen molar-refractivity contribution in [2.24, 2.45) is 0 Å². The number of ether oxygens (including phenoxy) is 2.